The summed E-state index contributed by atoms with van der Waals surface area (Å²) in [6.07, 6.45) is 18.3. The molecule has 0 nitrogen and oxygen atoms in total. The molecule has 0 bridgehead atoms. The highest BCUT2D eigenvalue weighted by Crippen LogP contribution is 2.14. The molecule has 80 valence electrons. The molecule has 0 heterocycles. The van der Waals surface area contributed by atoms with Crippen molar-refractivity contribution in [2.45, 2.75) is 64.2 Å². The van der Waals surface area contributed by atoms with Gasteiger partial charge in [0.15, 0.2) is 0 Å². The van der Waals surface area contributed by atoms with Gasteiger partial charge in [0.2, 0.25) is 0 Å². The monoisotopic (exact) mass is 192 g/mol. The summed E-state index contributed by atoms with van der Waals surface area (Å²) in [7, 11) is 0. The summed E-state index contributed by atoms with van der Waals surface area (Å²) in [5.41, 5.74) is 1.32. The first-order valence-corrected chi connectivity index (χ1v) is 6.24. The van der Waals surface area contributed by atoms with Crippen molar-refractivity contribution in [1.82, 2.24) is 0 Å². The molecule has 0 fully saturated rings. The zero-order valence-electron chi connectivity index (χ0n) is 9.43. The van der Waals surface area contributed by atoms with Crippen LogP contribution in [0.25, 0.3) is 0 Å². The summed E-state index contributed by atoms with van der Waals surface area (Å²) in [6, 6.07) is 0. The minimum Gasteiger partial charge on any atom is -0.0958 e. The van der Waals surface area contributed by atoms with Crippen LogP contribution in [0.1, 0.15) is 64.2 Å². The molecule has 0 aromatic rings. The van der Waals surface area contributed by atoms with Crippen LogP contribution < -0.4 is 0 Å². The normalized spacial score (nSPS) is 22.1. The molecule has 0 heteroatoms. The maximum Gasteiger partial charge on any atom is -0.0285 e. The first-order chi connectivity index (χ1) is 6.89. The van der Waals surface area contributed by atoms with Crippen molar-refractivity contribution in [2.75, 3.05) is 0 Å². The van der Waals surface area contributed by atoms with E-state index in [0.717, 1.165) is 0 Å². The van der Waals surface area contributed by atoms with Gasteiger partial charge >= 0.3 is 0 Å². The topological polar surface area (TPSA) is 0 Å². The van der Waals surface area contributed by atoms with Gasteiger partial charge in [-0.05, 0) is 25.7 Å². The van der Waals surface area contributed by atoms with Crippen LogP contribution in [0, 0.1) is 0 Å². The van der Waals surface area contributed by atoms with Gasteiger partial charge < -0.3 is 0 Å². The Bertz CT molecular complexity index is 176. The predicted molar refractivity (Wildman–Crippen MR) is 64.5 cm³/mol. The maximum atomic E-state index is 4.08. The number of hydrogen-bond donors (Lipinski definition) is 0. The van der Waals surface area contributed by atoms with Crippen molar-refractivity contribution in [3.63, 3.8) is 0 Å². The predicted octanol–water partition coefficient (Wildman–Crippen LogP) is 5.01. The molecule has 0 N–H and O–H groups in total. The second-order valence-electron chi connectivity index (χ2n) is 4.43. The van der Waals surface area contributed by atoms with Crippen LogP contribution in [0.15, 0.2) is 24.3 Å². The van der Waals surface area contributed by atoms with E-state index in [4.69, 9.17) is 0 Å². The van der Waals surface area contributed by atoms with E-state index in [9.17, 15) is 0 Å². The first kappa shape index (κ1) is 11.6. The number of hydrogen-bond acceptors (Lipinski definition) is 0. The van der Waals surface area contributed by atoms with Crippen LogP contribution in [0.2, 0.25) is 0 Å². The quantitative estimate of drug-likeness (QED) is 0.506. The van der Waals surface area contributed by atoms with Crippen LogP contribution in [0.3, 0.4) is 0 Å². The summed E-state index contributed by atoms with van der Waals surface area (Å²) >= 11 is 0. The second-order valence-corrected chi connectivity index (χ2v) is 4.43. The lowest BCUT2D eigenvalue weighted by Crippen LogP contribution is -1.81. The Hall–Kier alpha value is -0.520. The van der Waals surface area contributed by atoms with Crippen molar-refractivity contribution < 1.29 is 0 Å². The molecule has 0 aliphatic heterocycles. The SMILES string of the molecule is C=C1C=CCCCCCCCCCC1. The van der Waals surface area contributed by atoms with Crippen LogP contribution in [0.4, 0.5) is 0 Å². The average Bonchev–Trinajstić information content (AvgIpc) is 2.20. The Morgan fingerprint density at radius 1 is 0.786 bits per heavy atom. The summed E-state index contributed by atoms with van der Waals surface area (Å²) in [4.78, 5) is 0. The van der Waals surface area contributed by atoms with E-state index < -0.39 is 0 Å². The summed E-state index contributed by atoms with van der Waals surface area (Å²) < 4.78 is 0. The second kappa shape index (κ2) is 7.84. The molecule has 0 radical (unpaired) electrons. The molecular weight excluding hydrogens is 168 g/mol. The van der Waals surface area contributed by atoms with Gasteiger partial charge in [0, 0.05) is 0 Å². The molecule has 0 saturated carbocycles. The van der Waals surface area contributed by atoms with Crippen molar-refractivity contribution >= 4 is 0 Å². The van der Waals surface area contributed by atoms with Gasteiger partial charge in [-0.2, -0.15) is 0 Å². The molecule has 0 unspecified atom stereocenters. The third-order valence-corrected chi connectivity index (χ3v) is 2.97. The average molecular weight is 192 g/mol. The van der Waals surface area contributed by atoms with E-state index in [0.29, 0.717) is 0 Å². The minimum absolute atomic E-state index is 1.20. The summed E-state index contributed by atoms with van der Waals surface area (Å²) in [5, 5.41) is 0. The molecule has 1 aliphatic rings. The zero-order valence-corrected chi connectivity index (χ0v) is 9.43. The van der Waals surface area contributed by atoms with Crippen LogP contribution in [0.5, 0.6) is 0 Å². The Morgan fingerprint density at radius 2 is 1.36 bits per heavy atom. The Morgan fingerprint density at radius 3 is 2.07 bits per heavy atom. The van der Waals surface area contributed by atoms with Crippen LogP contribution >= 0.6 is 0 Å². The minimum atomic E-state index is 1.20. The van der Waals surface area contributed by atoms with Crippen LogP contribution in [-0.4, -0.2) is 0 Å². The van der Waals surface area contributed by atoms with Crippen molar-refractivity contribution in [2.24, 2.45) is 0 Å². The third kappa shape index (κ3) is 6.01. The van der Waals surface area contributed by atoms with Gasteiger partial charge in [0.25, 0.3) is 0 Å². The summed E-state index contributed by atoms with van der Waals surface area (Å²) in [5.74, 6) is 0. The fraction of sp³-hybridized carbons (Fsp3) is 0.714. The highest BCUT2D eigenvalue weighted by atomic mass is 14.0. The lowest BCUT2D eigenvalue weighted by Gasteiger charge is -2.01. The Kier molecular flexibility index (Phi) is 6.47. The van der Waals surface area contributed by atoms with E-state index in [2.05, 4.69) is 18.7 Å². The maximum absolute atomic E-state index is 4.08. The Labute approximate surface area is 89.1 Å². The Balaban J connectivity index is 2.24. The molecule has 0 aromatic heterocycles. The van der Waals surface area contributed by atoms with Gasteiger partial charge in [-0.1, -0.05) is 62.8 Å². The lowest BCUT2D eigenvalue weighted by atomic mass is 10.1. The van der Waals surface area contributed by atoms with E-state index in [1.54, 1.807) is 0 Å². The zero-order chi connectivity index (χ0) is 10.1. The molecule has 0 atom stereocenters. The lowest BCUT2D eigenvalue weighted by molar-refractivity contribution is 0.571. The van der Waals surface area contributed by atoms with Gasteiger partial charge in [0.1, 0.15) is 0 Å². The molecule has 0 aromatic carbocycles. The van der Waals surface area contributed by atoms with Gasteiger partial charge in [-0.15, -0.1) is 0 Å². The third-order valence-electron chi connectivity index (χ3n) is 2.97. The highest BCUT2D eigenvalue weighted by molar-refractivity contribution is 5.13. The van der Waals surface area contributed by atoms with Crippen molar-refractivity contribution in [1.29, 1.82) is 0 Å². The van der Waals surface area contributed by atoms with Crippen LogP contribution in [-0.2, 0) is 0 Å². The molecular formula is C14H24. The van der Waals surface area contributed by atoms with Crippen molar-refractivity contribution in [3.8, 4) is 0 Å². The molecule has 1 rings (SSSR count). The fourth-order valence-electron chi connectivity index (χ4n) is 2.01. The molecule has 1 aliphatic carbocycles. The fourth-order valence-corrected chi connectivity index (χ4v) is 2.01. The van der Waals surface area contributed by atoms with Crippen molar-refractivity contribution in [3.05, 3.63) is 24.3 Å². The first-order valence-electron chi connectivity index (χ1n) is 6.24. The van der Waals surface area contributed by atoms with E-state index in [1.165, 1.54) is 69.8 Å². The van der Waals surface area contributed by atoms with E-state index >= 15 is 0 Å². The molecule has 0 spiro atoms. The molecule has 0 amide bonds. The standard InChI is InChI=1S/C14H24/c1-14-12-10-8-6-4-2-3-5-7-9-11-13-14/h10,12H,1-9,11,13H2. The molecule has 14 heavy (non-hydrogen) atoms. The highest BCUT2D eigenvalue weighted by Gasteiger charge is 1.95. The van der Waals surface area contributed by atoms with E-state index in [-0.39, 0.29) is 0 Å². The van der Waals surface area contributed by atoms with E-state index in [1.807, 2.05) is 0 Å². The summed E-state index contributed by atoms with van der Waals surface area (Å²) in [6.45, 7) is 4.08. The molecule has 0 saturated heterocycles. The number of allylic oxidation sites excluding steroid dienone is 3. The van der Waals surface area contributed by atoms with Gasteiger partial charge in [-0.25, -0.2) is 0 Å². The smallest absolute Gasteiger partial charge is 0.0285 e. The van der Waals surface area contributed by atoms with Gasteiger partial charge in [-0.3, -0.25) is 0 Å². The van der Waals surface area contributed by atoms with Gasteiger partial charge in [0.05, 0.1) is 0 Å². The largest absolute Gasteiger partial charge is 0.0958 e. The number of rotatable bonds is 0.